The van der Waals surface area contributed by atoms with Gasteiger partial charge in [0.25, 0.3) is 0 Å². The van der Waals surface area contributed by atoms with Crippen molar-refractivity contribution in [2.24, 2.45) is 41.4 Å². The monoisotopic (exact) mass is 1260 g/mol. The van der Waals surface area contributed by atoms with Crippen molar-refractivity contribution >= 4 is 70.9 Å². The van der Waals surface area contributed by atoms with Crippen molar-refractivity contribution in [3.05, 3.63) is 12.2 Å². The number of likely N-dealkylation sites (N-methyl/N-ethyl adjacent to an activating group) is 7. The van der Waals surface area contributed by atoms with Crippen molar-refractivity contribution in [3.8, 4) is 0 Å². The molecule has 0 radical (unpaired) electrons. The Morgan fingerprint density at radius 2 is 0.910 bits per heavy atom. The molecule has 11 amide bonds. The first-order valence-electron chi connectivity index (χ1n) is 31.7. The van der Waals surface area contributed by atoms with E-state index in [1.165, 1.54) is 87.7 Å². The molecule has 89 heavy (non-hydrogen) atoms. The third-order valence-corrected chi connectivity index (χ3v) is 16.5. The van der Waals surface area contributed by atoms with Gasteiger partial charge in [0.2, 0.25) is 65.0 Å². The average molecular weight is 1260 g/mol. The highest BCUT2D eigenvalue weighted by atomic mass is 16.4. The fraction of sp³-hybridized carbons (Fsp3) is 0.781. The van der Waals surface area contributed by atoms with E-state index in [2.05, 4.69) is 21.3 Å². The first-order valence-corrected chi connectivity index (χ1v) is 31.7. The van der Waals surface area contributed by atoms with E-state index in [1.807, 2.05) is 55.4 Å². The summed E-state index contributed by atoms with van der Waals surface area (Å²) in [5.74, 6) is -11.4. The second-order valence-electron chi connectivity index (χ2n) is 26.9. The molecule has 0 aliphatic carbocycles. The molecule has 1 aliphatic rings. The van der Waals surface area contributed by atoms with E-state index in [1.54, 1.807) is 53.7 Å². The van der Waals surface area contributed by atoms with Crippen LogP contribution in [0, 0.1) is 41.4 Å². The van der Waals surface area contributed by atoms with Gasteiger partial charge < -0.3 is 65.8 Å². The molecule has 1 saturated heterocycles. The molecule has 25 heteroatoms. The van der Waals surface area contributed by atoms with Crippen molar-refractivity contribution in [3.63, 3.8) is 0 Å². The molecule has 0 spiro atoms. The van der Waals surface area contributed by atoms with Crippen molar-refractivity contribution in [2.75, 3.05) is 55.9 Å². The van der Waals surface area contributed by atoms with E-state index in [0.29, 0.717) is 0 Å². The molecule has 1 fully saturated rings. The number of aliphatic hydroxyl groups excluding tert-OH is 1. The molecule has 25 nitrogen and oxygen atoms in total. The lowest BCUT2D eigenvalue weighted by atomic mass is 9.91. The number of amides is 11. The van der Waals surface area contributed by atoms with Gasteiger partial charge in [0.05, 0.1) is 12.6 Å². The van der Waals surface area contributed by atoms with Crippen molar-refractivity contribution in [2.45, 2.75) is 229 Å². The minimum atomic E-state index is -1.71. The van der Waals surface area contributed by atoms with Crippen LogP contribution in [0.2, 0.25) is 0 Å². The van der Waals surface area contributed by atoms with Crippen molar-refractivity contribution in [1.29, 1.82) is 0 Å². The maximum absolute atomic E-state index is 15.2. The van der Waals surface area contributed by atoms with Crippen LogP contribution in [0.15, 0.2) is 12.2 Å². The van der Waals surface area contributed by atoms with Gasteiger partial charge in [-0.25, -0.2) is 0 Å². The highest BCUT2D eigenvalue weighted by Crippen LogP contribution is 2.26. The molecule has 12 atom stereocenters. The highest BCUT2D eigenvalue weighted by molar-refractivity contribution is 5.99. The summed E-state index contributed by atoms with van der Waals surface area (Å²) >= 11 is 0. The number of rotatable bonds is 18. The van der Waals surface area contributed by atoms with Gasteiger partial charge in [-0.2, -0.15) is 0 Å². The second-order valence-corrected chi connectivity index (χ2v) is 26.9. The Hall–Kier alpha value is -6.66. The van der Waals surface area contributed by atoms with Gasteiger partial charge >= 0.3 is 5.97 Å². The van der Waals surface area contributed by atoms with E-state index in [-0.39, 0.29) is 75.0 Å². The number of carbonyl (C=O) groups is 12. The molecule has 1 aliphatic heterocycles. The molecule has 1 heterocycles. The molecular formula is C64H113N11O14. The summed E-state index contributed by atoms with van der Waals surface area (Å²) in [7, 11) is 9.74. The summed E-state index contributed by atoms with van der Waals surface area (Å²) in [5, 5.41) is 32.3. The Balaban J connectivity index is 4.35. The third kappa shape index (κ3) is 23.6. The van der Waals surface area contributed by atoms with Crippen LogP contribution in [0.3, 0.4) is 0 Å². The van der Waals surface area contributed by atoms with E-state index in [9.17, 15) is 58.2 Å². The number of carboxylic acid groups (broad SMARTS) is 1. The number of nitrogens with zero attached hydrogens (tertiary/aromatic N) is 7. The quantitative estimate of drug-likeness (QED) is 0.108. The molecule has 0 aromatic heterocycles. The molecule has 6 N–H and O–H groups in total. The maximum Gasteiger partial charge on any atom is 0.303 e. The number of hydrogen-bond donors (Lipinski definition) is 6. The Bertz CT molecular complexity index is 2470. The molecule has 0 aromatic rings. The van der Waals surface area contributed by atoms with Crippen LogP contribution in [-0.4, -0.2) is 238 Å². The van der Waals surface area contributed by atoms with E-state index >= 15 is 9.59 Å². The van der Waals surface area contributed by atoms with Gasteiger partial charge in [-0.05, 0) is 100 Å². The van der Waals surface area contributed by atoms with Gasteiger partial charge in [0.15, 0.2) is 0 Å². The van der Waals surface area contributed by atoms with Crippen LogP contribution >= 0.6 is 0 Å². The SMILES string of the molecule is CC[C@@H]1NC(=O)C([C@H](O)[C@H](C)CC=CCCC(=O)O)N(C)C(=O)[C@H](C(C)C)N(C)C(=O)[C@H](CC(C)C)N(C)C(=O)[C@@H](CC(C)C)N(C)C(=O)[C@@H](C)NC(=O)[C@H](C)NC(=O)[C@H](CC(C)C)N(C)C(=O)[C@H](C(C)C)NC(=O)C(CC(C)C)N(C)C(=O)CN(C)C1=O. The first kappa shape index (κ1) is 80.4. The van der Waals surface area contributed by atoms with E-state index < -0.39 is 162 Å². The number of allylic oxidation sites excluding steroid dienone is 2. The summed E-state index contributed by atoms with van der Waals surface area (Å²) < 4.78 is 0. The summed E-state index contributed by atoms with van der Waals surface area (Å²) in [4.78, 5) is 180. The molecule has 0 bridgehead atoms. The predicted molar refractivity (Wildman–Crippen MR) is 340 cm³/mol. The zero-order valence-electron chi connectivity index (χ0n) is 57.8. The second kappa shape index (κ2) is 36.9. The van der Waals surface area contributed by atoms with E-state index in [4.69, 9.17) is 0 Å². The summed E-state index contributed by atoms with van der Waals surface area (Å²) in [6.07, 6.45) is 2.34. The zero-order chi connectivity index (χ0) is 69.0. The Morgan fingerprint density at radius 3 is 1.37 bits per heavy atom. The number of aliphatic hydroxyl groups is 1. The lowest BCUT2D eigenvalue weighted by Crippen LogP contribution is -2.63. The minimum absolute atomic E-state index is 0.0250. The summed E-state index contributed by atoms with van der Waals surface area (Å²) in [5.41, 5.74) is 0. The largest absolute Gasteiger partial charge is 0.481 e. The van der Waals surface area contributed by atoms with Gasteiger partial charge in [-0.15, -0.1) is 0 Å². The fourth-order valence-corrected chi connectivity index (χ4v) is 11.0. The van der Waals surface area contributed by atoms with Crippen molar-refractivity contribution < 1.29 is 67.7 Å². The van der Waals surface area contributed by atoms with E-state index in [0.717, 1.165) is 9.80 Å². The first-order chi connectivity index (χ1) is 41.1. The van der Waals surface area contributed by atoms with Crippen LogP contribution < -0.4 is 21.3 Å². The molecular weight excluding hydrogens is 1150 g/mol. The maximum atomic E-state index is 15.2. The molecule has 0 aromatic carbocycles. The Labute approximate surface area is 530 Å². The van der Waals surface area contributed by atoms with Crippen LogP contribution in [-0.2, 0) is 57.5 Å². The lowest BCUT2D eigenvalue weighted by Gasteiger charge is -2.41. The van der Waals surface area contributed by atoms with Crippen LogP contribution in [0.5, 0.6) is 0 Å². The Morgan fingerprint density at radius 1 is 0.483 bits per heavy atom. The Kier molecular flexibility index (Phi) is 33.3. The van der Waals surface area contributed by atoms with Gasteiger partial charge in [0.1, 0.15) is 60.4 Å². The number of carboxylic acids is 1. The number of hydrogen-bond acceptors (Lipinski definition) is 13. The topological polar surface area (TPSA) is 316 Å². The summed E-state index contributed by atoms with van der Waals surface area (Å²) in [6, 6.07) is -12.7. The van der Waals surface area contributed by atoms with Crippen LogP contribution in [0.25, 0.3) is 0 Å². The third-order valence-electron chi connectivity index (χ3n) is 16.5. The highest BCUT2D eigenvalue weighted by Gasteiger charge is 2.46. The minimum Gasteiger partial charge on any atom is -0.481 e. The number of nitrogens with one attached hydrogen (secondary N) is 4. The smallest absolute Gasteiger partial charge is 0.303 e. The number of carbonyl (C=O) groups excluding carboxylic acids is 11. The van der Waals surface area contributed by atoms with Crippen LogP contribution in [0.4, 0.5) is 0 Å². The molecule has 2 unspecified atom stereocenters. The fourth-order valence-electron chi connectivity index (χ4n) is 11.0. The van der Waals surface area contributed by atoms with Gasteiger partial charge in [-0.3, -0.25) is 57.5 Å². The molecule has 1 rings (SSSR count). The summed E-state index contributed by atoms with van der Waals surface area (Å²) in [6.45, 7) is 27.1. The van der Waals surface area contributed by atoms with Gasteiger partial charge in [-0.1, -0.05) is 109 Å². The number of aliphatic carboxylic acids is 1. The zero-order valence-corrected chi connectivity index (χ0v) is 57.8. The average Bonchev–Trinajstić information content (AvgIpc) is 0.957. The lowest BCUT2D eigenvalue weighted by molar-refractivity contribution is -0.157. The van der Waals surface area contributed by atoms with Crippen molar-refractivity contribution in [1.82, 2.24) is 55.6 Å². The normalized spacial score (nSPS) is 26.2. The van der Waals surface area contributed by atoms with Crippen LogP contribution in [0.1, 0.15) is 162 Å². The predicted octanol–water partition coefficient (Wildman–Crippen LogP) is 3.11. The molecule has 508 valence electrons. The van der Waals surface area contributed by atoms with Gasteiger partial charge in [0, 0.05) is 55.8 Å². The molecule has 0 saturated carbocycles. The standard InChI is InChI=1S/C64H113N11O14/c1-24-44-60(85)69(17)34-49(76)70(18)45(30-35(2)3)57(82)68-51(39(10)11)63(88)71(19)46(31-36(4)5)56(81)65-42(15)55(80)66-43(16)59(84)72(20)47(32-37(6)7)61(86)73(21)48(33-38(8)9)62(87)74(22)52(40(12)13)64(89)75(23)53(58(83)67-44)54(79)41(14)28-26-25-27-29-50(77)78/h25-26,35-48,51-54,79H,24,27-34H2,1-23H3,(H,65,81)(H,66,80)(H,67,83)(H,68,82)(H,77,78)/t41-,42+,43-,44+,45?,46+,47-,48+,51+,52+,53?,54-/m1/s1.